The summed E-state index contributed by atoms with van der Waals surface area (Å²) in [6.45, 7) is 9.34. The van der Waals surface area contributed by atoms with Gasteiger partial charge in [-0.05, 0) is 45.9 Å². The van der Waals surface area contributed by atoms with Gasteiger partial charge in [-0.3, -0.25) is 0 Å². The molecule has 0 spiro atoms. The molecule has 0 unspecified atom stereocenters. The van der Waals surface area contributed by atoms with E-state index in [1.165, 1.54) is 19.4 Å². The SMILES string of the molecule is CC(C)COCCNCCCCN(C)C. The van der Waals surface area contributed by atoms with E-state index in [0.29, 0.717) is 5.92 Å². The lowest BCUT2D eigenvalue weighted by Crippen LogP contribution is -2.22. The van der Waals surface area contributed by atoms with Crippen LogP contribution < -0.4 is 5.32 Å². The molecule has 0 aliphatic carbocycles. The molecule has 3 heteroatoms. The smallest absolute Gasteiger partial charge is 0.0591 e. The van der Waals surface area contributed by atoms with E-state index in [4.69, 9.17) is 4.74 Å². The first-order valence-corrected chi connectivity index (χ1v) is 6.06. The number of unbranched alkanes of at least 4 members (excludes halogenated alkanes) is 1. The second-order valence-corrected chi connectivity index (χ2v) is 4.73. The lowest BCUT2D eigenvalue weighted by atomic mass is 10.2. The van der Waals surface area contributed by atoms with Crippen LogP contribution in [0.3, 0.4) is 0 Å². The molecule has 0 heterocycles. The molecule has 0 saturated heterocycles. The van der Waals surface area contributed by atoms with Gasteiger partial charge in [-0.25, -0.2) is 0 Å². The van der Waals surface area contributed by atoms with Crippen molar-refractivity contribution in [2.45, 2.75) is 26.7 Å². The third-order valence-corrected chi connectivity index (χ3v) is 2.08. The number of hydrogen-bond acceptors (Lipinski definition) is 3. The Morgan fingerprint density at radius 3 is 2.47 bits per heavy atom. The van der Waals surface area contributed by atoms with Crippen LogP contribution in [0.1, 0.15) is 26.7 Å². The predicted molar refractivity (Wildman–Crippen MR) is 66.3 cm³/mol. The van der Waals surface area contributed by atoms with Crippen LogP contribution in [0.5, 0.6) is 0 Å². The molecule has 0 saturated carbocycles. The third-order valence-electron chi connectivity index (χ3n) is 2.08. The van der Waals surface area contributed by atoms with Gasteiger partial charge in [0.2, 0.25) is 0 Å². The van der Waals surface area contributed by atoms with Crippen molar-refractivity contribution in [2.24, 2.45) is 5.92 Å². The number of ether oxygens (including phenoxy) is 1. The minimum Gasteiger partial charge on any atom is -0.380 e. The van der Waals surface area contributed by atoms with Gasteiger partial charge in [0, 0.05) is 13.2 Å². The van der Waals surface area contributed by atoms with Crippen molar-refractivity contribution >= 4 is 0 Å². The molecule has 3 nitrogen and oxygen atoms in total. The summed E-state index contributed by atoms with van der Waals surface area (Å²) in [6, 6.07) is 0. The second-order valence-electron chi connectivity index (χ2n) is 4.73. The van der Waals surface area contributed by atoms with Crippen molar-refractivity contribution in [1.82, 2.24) is 10.2 Å². The lowest BCUT2D eigenvalue weighted by Gasteiger charge is -2.10. The number of nitrogens with zero attached hydrogens (tertiary/aromatic N) is 1. The van der Waals surface area contributed by atoms with E-state index in [0.717, 1.165) is 26.3 Å². The Morgan fingerprint density at radius 1 is 1.13 bits per heavy atom. The molecule has 0 amide bonds. The highest BCUT2D eigenvalue weighted by molar-refractivity contribution is 4.50. The molecule has 0 radical (unpaired) electrons. The van der Waals surface area contributed by atoms with Crippen molar-refractivity contribution in [1.29, 1.82) is 0 Å². The van der Waals surface area contributed by atoms with Gasteiger partial charge < -0.3 is 15.0 Å². The summed E-state index contributed by atoms with van der Waals surface area (Å²) in [7, 11) is 4.24. The Kier molecular flexibility index (Phi) is 10.3. The quantitative estimate of drug-likeness (QED) is 0.561. The van der Waals surface area contributed by atoms with Gasteiger partial charge in [0.15, 0.2) is 0 Å². The number of hydrogen-bond donors (Lipinski definition) is 1. The molecule has 0 aromatic heterocycles. The van der Waals surface area contributed by atoms with Gasteiger partial charge in [0.25, 0.3) is 0 Å². The molecule has 0 aliphatic rings. The first-order chi connectivity index (χ1) is 7.13. The highest BCUT2D eigenvalue weighted by Crippen LogP contribution is 1.91. The van der Waals surface area contributed by atoms with E-state index in [2.05, 4.69) is 38.2 Å². The second kappa shape index (κ2) is 10.4. The lowest BCUT2D eigenvalue weighted by molar-refractivity contribution is 0.112. The third kappa shape index (κ3) is 13.9. The van der Waals surface area contributed by atoms with E-state index in [1.807, 2.05) is 0 Å². The topological polar surface area (TPSA) is 24.5 Å². The minimum atomic E-state index is 0.644. The Labute approximate surface area is 95.2 Å². The molecule has 0 aliphatic heterocycles. The van der Waals surface area contributed by atoms with Crippen LogP contribution in [-0.2, 0) is 4.74 Å². The molecule has 0 aromatic carbocycles. The van der Waals surface area contributed by atoms with Crippen molar-refractivity contribution in [3.05, 3.63) is 0 Å². The summed E-state index contributed by atoms with van der Waals surface area (Å²) in [5.41, 5.74) is 0. The maximum Gasteiger partial charge on any atom is 0.0591 e. The average Bonchev–Trinajstić information content (AvgIpc) is 2.14. The Morgan fingerprint density at radius 2 is 1.87 bits per heavy atom. The van der Waals surface area contributed by atoms with Gasteiger partial charge in [0.1, 0.15) is 0 Å². The molecule has 15 heavy (non-hydrogen) atoms. The normalized spacial score (nSPS) is 11.6. The molecule has 92 valence electrons. The summed E-state index contributed by atoms with van der Waals surface area (Å²) in [5, 5.41) is 3.39. The maximum absolute atomic E-state index is 5.47. The van der Waals surface area contributed by atoms with E-state index in [1.54, 1.807) is 0 Å². The Hall–Kier alpha value is -0.120. The van der Waals surface area contributed by atoms with E-state index in [-0.39, 0.29) is 0 Å². The average molecular weight is 216 g/mol. The highest BCUT2D eigenvalue weighted by Gasteiger charge is 1.94. The van der Waals surface area contributed by atoms with Crippen molar-refractivity contribution in [3.8, 4) is 0 Å². The molecule has 1 N–H and O–H groups in total. The van der Waals surface area contributed by atoms with Crippen molar-refractivity contribution < 1.29 is 4.74 Å². The molecule has 0 fully saturated rings. The number of rotatable bonds is 10. The fraction of sp³-hybridized carbons (Fsp3) is 1.00. The van der Waals surface area contributed by atoms with Gasteiger partial charge in [-0.2, -0.15) is 0 Å². The molecule has 0 atom stereocenters. The van der Waals surface area contributed by atoms with Crippen LogP contribution in [0.15, 0.2) is 0 Å². The standard InChI is InChI=1S/C12H28N2O/c1-12(2)11-15-10-8-13-7-5-6-9-14(3)4/h12-13H,5-11H2,1-4H3. The molecular formula is C12H28N2O. The fourth-order valence-corrected chi connectivity index (χ4v) is 1.27. The number of nitrogens with one attached hydrogen (secondary N) is 1. The molecule has 0 aromatic rings. The monoisotopic (exact) mass is 216 g/mol. The summed E-state index contributed by atoms with van der Waals surface area (Å²) >= 11 is 0. The largest absolute Gasteiger partial charge is 0.380 e. The summed E-state index contributed by atoms with van der Waals surface area (Å²) < 4.78 is 5.47. The van der Waals surface area contributed by atoms with Gasteiger partial charge in [-0.1, -0.05) is 13.8 Å². The van der Waals surface area contributed by atoms with Crippen LogP contribution in [0.2, 0.25) is 0 Å². The Bertz CT molecular complexity index is 113. The van der Waals surface area contributed by atoms with Gasteiger partial charge in [0.05, 0.1) is 6.61 Å². The molecule has 0 bridgehead atoms. The zero-order valence-corrected chi connectivity index (χ0v) is 10.9. The summed E-state index contributed by atoms with van der Waals surface area (Å²) in [6.07, 6.45) is 2.52. The van der Waals surface area contributed by atoms with E-state index >= 15 is 0 Å². The van der Waals surface area contributed by atoms with Crippen molar-refractivity contribution in [3.63, 3.8) is 0 Å². The Balaban J connectivity index is 2.93. The van der Waals surface area contributed by atoms with Gasteiger partial charge >= 0.3 is 0 Å². The predicted octanol–water partition coefficient (Wildman–Crippen LogP) is 1.59. The van der Waals surface area contributed by atoms with Crippen LogP contribution in [0.4, 0.5) is 0 Å². The zero-order valence-electron chi connectivity index (χ0n) is 10.9. The molecule has 0 rings (SSSR count). The maximum atomic E-state index is 5.47. The molecular weight excluding hydrogens is 188 g/mol. The highest BCUT2D eigenvalue weighted by atomic mass is 16.5. The fourth-order valence-electron chi connectivity index (χ4n) is 1.27. The van der Waals surface area contributed by atoms with Crippen LogP contribution in [0, 0.1) is 5.92 Å². The summed E-state index contributed by atoms with van der Waals surface area (Å²) in [4.78, 5) is 2.23. The minimum absolute atomic E-state index is 0.644. The summed E-state index contributed by atoms with van der Waals surface area (Å²) in [5.74, 6) is 0.644. The van der Waals surface area contributed by atoms with Gasteiger partial charge in [-0.15, -0.1) is 0 Å². The van der Waals surface area contributed by atoms with Crippen LogP contribution in [-0.4, -0.2) is 51.8 Å². The first kappa shape index (κ1) is 14.9. The zero-order chi connectivity index (χ0) is 11.5. The van der Waals surface area contributed by atoms with E-state index < -0.39 is 0 Å². The van der Waals surface area contributed by atoms with E-state index in [9.17, 15) is 0 Å². The first-order valence-electron chi connectivity index (χ1n) is 6.06. The van der Waals surface area contributed by atoms with Crippen LogP contribution >= 0.6 is 0 Å². The van der Waals surface area contributed by atoms with Crippen molar-refractivity contribution in [2.75, 3.05) is 46.9 Å². The van der Waals surface area contributed by atoms with Crippen LogP contribution in [0.25, 0.3) is 0 Å².